The van der Waals surface area contributed by atoms with Crippen molar-refractivity contribution in [2.45, 2.75) is 19.8 Å². The van der Waals surface area contributed by atoms with Gasteiger partial charge >= 0.3 is 0 Å². The minimum absolute atomic E-state index is 0.193. The maximum absolute atomic E-state index is 12.6. The smallest absolute Gasteiger partial charge is 0.262 e. The van der Waals surface area contributed by atoms with Crippen LogP contribution in [0.1, 0.15) is 35.7 Å². The zero-order valence-electron chi connectivity index (χ0n) is 16.5. The van der Waals surface area contributed by atoms with Crippen molar-refractivity contribution in [1.29, 1.82) is 0 Å². The Balaban J connectivity index is 1.63. The average molecular weight is 388 g/mol. The highest BCUT2D eigenvalue weighted by molar-refractivity contribution is 6.06. The number of carbonyl (C=O) groups is 2. The number of benzene rings is 3. The fourth-order valence-corrected chi connectivity index (χ4v) is 2.82. The first-order valence-electron chi connectivity index (χ1n) is 9.51. The van der Waals surface area contributed by atoms with Crippen LogP contribution in [0.25, 0.3) is 0 Å². The van der Waals surface area contributed by atoms with Gasteiger partial charge in [-0.1, -0.05) is 56.3 Å². The van der Waals surface area contributed by atoms with E-state index in [1.54, 1.807) is 36.4 Å². The maximum atomic E-state index is 12.6. The van der Waals surface area contributed by atoms with Gasteiger partial charge in [-0.05, 0) is 47.9 Å². The lowest BCUT2D eigenvalue weighted by Crippen LogP contribution is -2.21. The molecular weight excluding hydrogens is 364 g/mol. The Morgan fingerprint density at radius 1 is 0.828 bits per heavy atom. The number of ether oxygens (including phenoxy) is 1. The van der Waals surface area contributed by atoms with Gasteiger partial charge in [0.05, 0.1) is 5.56 Å². The van der Waals surface area contributed by atoms with Crippen LogP contribution in [-0.2, 0) is 4.79 Å². The van der Waals surface area contributed by atoms with Gasteiger partial charge in [0.1, 0.15) is 5.75 Å². The third kappa shape index (κ3) is 5.69. The third-order valence-electron chi connectivity index (χ3n) is 4.36. The minimum Gasteiger partial charge on any atom is -0.483 e. The number of anilines is 2. The van der Waals surface area contributed by atoms with Crippen molar-refractivity contribution in [3.8, 4) is 5.75 Å². The van der Waals surface area contributed by atoms with Crippen LogP contribution >= 0.6 is 0 Å². The van der Waals surface area contributed by atoms with E-state index in [0.29, 0.717) is 22.9 Å². The highest BCUT2D eigenvalue weighted by Gasteiger charge is 2.14. The van der Waals surface area contributed by atoms with Crippen molar-refractivity contribution in [2.24, 2.45) is 0 Å². The van der Waals surface area contributed by atoms with Crippen LogP contribution in [0.2, 0.25) is 0 Å². The summed E-state index contributed by atoms with van der Waals surface area (Å²) in [6.45, 7) is 4.00. The van der Waals surface area contributed by atoms with Gasteiger partial charge in [0, 0.05) is 11.4 Å². The Kier molecular flexibility index (Phi) is 6.63. The van der Waals surface area contributed by atoms with Gasteiger partial charge in [-0.3, -0.25) is 9.59 Å². The van der Waals surface area contributed by atoms with Gasteiger partial charge in [-0.2, -0.15) is 0 Å². The van der Waals surface area contributed by atoms with Gasteiger partial charge in [0.15, 0.2) is 6.61 Å². The van der Waals surface area contributed by atoms with Gasteiger partial charge in [0.2, 0.25) is 0 Å². The lowest BCUT2D eigenvalue weighted by molar-refractivity contribution is -0.118. The largest absolute Gasteiger partial charge is 0.483 e. The molecule has 0 bridgehead atoms. The summed E-state index contributed by atoms with van der Waals surface area (Å²) in [6, 6.07) is 23.8. The zero-order chi connectivity index (χ0) is 20.6. The standard InChI is InChI=1S/C24H24N2O3/c1-17(2)18-9-8-12-20(15-18)25-23(27)16-29-22-14-7-6-13-21(22)24(28)26-19-10-4-3-5-11-19/h3-15,17H,16H2,1-2H3,(H,25,27)(H,26,28). The van der Waals surface area contributed by atoms with Crippen LogP contribution in [-0.4, -0.2) is 18.4 Å². The maximum Gasteiger partial charge on any atom is 0.262 e. The summed E-state index contributed by atoms with van der Waals surface area (Å²) in [6.07, 6.45) is 0. The Morgan fingerprint density at radius 3 is 2.28 bits per heavy atom. The monoisotopic (exact) mass is 388 g/mol. The molecule has 5 nitrogen and oxygen atoms in total. The Labute approximate surface area is 170 Å². The number of rotatable bonds is 7. The fourth-order valence-electron chi connectivity index (χ4n) is 2.82. The molecule has 0 aliphatic heterocycles. The molecule has 0 saturated heterocycles. The summed E-state index contributed by atoms with van der Waals surface area (Å²) < 4.78 is 5.63. The predicted molar refractivity (Wildman–Crippen MR) is 115 cm³/mol. The summed E-state index contributed by atoms with van der Waals surface area (Å²) in [7, 11) is 0. The Bertz CT molecular complexity index is 984. The molecule has 3 aromatic rings. The minimum atomic E-state index is -0.295. The molecule has 0 atom stereocenters. The second-order valence-electron chi connectivity index (χ2n) is 6.93. The fraction of sp³-hybridized carbons (Fsp3) is 0.167. The molecule has 0 saturated carbocycles. The highest BCUT2D eigenvalue weighted by Crippen LogP contribution is 2.21. The molecule has 5 heteroatoms. The molecule has 2 N–H and O–H groups in total. The Hall–Kier alpha value is -3.60. The second kappa shape index (κ2) is 9.55. The molecule has 2 amide bonds. The van der Waals surface area contributed by atoms with Gasteiger partial charge in [-0.25, -0.2) is 0 Å². The molecule has 0 heterocycles. The van der Waals surface area contributed by atoms with E-state index in [2.05, 4.69) is 24.5 Å². The molecule has 0 spiro atoms. The van der Waals surface area contributed by atoms with E-state index in [-0.39, 0.29) is 18.4 Å². The molecule has 3 rings (SSSR count). The predicted octanol–water partition coefficient (Wildman–Crippen LogP) is 5.08. The summed E-state index contributed by atoms with van der Waals surface area (Å²) in [5.74, 6) is 0.145. The molecule has 0 radical (unpaired) electrons. The van der Waals surface area contributed by atoms with Crippen molar-refractivity contribution >= 4 is 23.2 Å². The van der Waals surface area contributed by atoms with Gasteiger partial charge < -0.3 is 15.4 Å². The van der Waals surface area contributed by atoms with E-state index in [0.717, 1.165) is 11.3 Å². The third-order valence-corrected chi connectivity index (χ3v) is 4.36. The highest BCUT2D eigenvalue weighted by atomic mass is 16.5. The van der Waals surface area contributed by atoms with Crippen molar-refractivity contribution in [2.75, 3.05) is 17.2 Å². The molecule has 148 valence electrons. The first kappa shape index (κ1) is 20.1. The molecular formula is C24H24N2O3. The second-order valence-corrected chi connectivity index (χ2v) is 6.93. The number of carbonyl (C=O) groups excluding carboxylic acids is 2. The quantitative estimate of drug-likeness (QED) is 0.593. The Morgan fingerprint density at radius 2 is 1.52 bits per heavy atom. The van der Waals surface area contributed by atoms with Gasteiger partial charge in [0.25, 0.3) is 11.8 Å². The van der Waals surface area contributed by atoms with Crippen LogP contribution in [0.4, 0.5) is 11.4 Å². The molecule has 0 aliphatic carbocycles. The van der Waals surface area contributed by atoms with Crippen molar-refractivity contribution in [1.82, 2.24) is 0 Å². The molecule has 3 aromatic carbocycles. The van der Waals surface area contributed by atoms with Crippen LogP contribution in [0.15, 0.2) is 78.9 Å². The van der Waals surface area contributed by atoms with Crippen molar-refractivity contribution in [3.05, 3.63) is 90.0 Å². The number of para-hydroxylation sites is 2. The van der Waals surface area contributed by atoms with E-state index in [9.17, 15) is 9.59 Å². The number of hydrogen-bond acceptors (Lipinski definition) is 3. The summed E-state index contributed by atoms with van der Waals surface area (Å²) in [5, 5.41) is 5.65. The topological polar surface area (TPSA) is 67.4 Å². The first-order valence-corrected chi connectivity index (χ1v) is 9.51. The number of amides is 2. The molecule has 0 fully saturated rings. The van der Waals surface area contributed by atoms with E-state index in [1.165, 1.54) is 0 Å². The average Bonchev–Trinajstić information content (AvgIpc) is 2.73. The number of hydrogen-bond donors (Lipinski definition) is 2. The van der Waals surface area contributed by atoms with Crippen LogP contribution < -0.4 is 15.4 Å². The van der Waals surface area contributed by atoms with E-state index in [1.807, 2.05) is 42.5 Å². The SMILES string of the molecule is CC(C)c1cccc(NC(=O)COc2ccccc2C(=O)Nc2ccccc2)c1. The summed E-state index contributed by atoms with van der Waals surface area (Å²) in [4.78, 5) is 24.9. The van der Waals surface area contributed by atoms with Crippen LogP contribution in [0.3, 0.4) is 0 Å². The normalized spacial score (nSPS) is 10.4. The zero-order valence-corrected chi connectivity index (χ0v) is 16.5. The number of nitrogens with one attached hydrogen (secondary N) is 2. The summed E-state index contributed by atoms with van der Waals surface area (Å²) in [5.41, 5.74) is 2.92. The van der Waals surface area contributed by atoms with E-state index in [4.69, 9.17) is 4.74 Å². The molecule has 0 aromatic heterocycles. The van der Waals surface area contributed by atoms with Crippen LogP contribution in [0.5, 0.6) is 5.75 Å². The molecule has 0 aliphatic rings. The molecule has 0 unspecified atom stereocenters. The van der Waals surface area contributed by atoms with Crippen LogP contribution in [0, 0.1) is 0 Å². The summed E-state index contributed by atoms with van der Waals surface area (Å²) >= 11 is 0. The van der Waals surface area contributed by atoms with E-state index >= 15 is 0 Å². The molecule has 29 heavy (non-hydrogen) atoms. The van der Waals surface area contributed by atoms with Gasteiger partial charge in [-0.15, -0.1) is 0 Å². The lowest BCUT2D eigenvalue weighted by atomic mass is 10.0. The lowest BCUT2D eigenvalue weighted by Gasteiger charge is -2.13. The van der Waals surface area contributed by atoms with Crippen molar-refractivity contribution in [3.63, 3.8) is 0 Å². The first-order chi connectivity index (χ1) is 14.0. The van der Waals surface area contributed by atoms with E-state index < -0.39 is 0 Å². The van der Waals surface area contributed by atoms with Crippen molar-refractivity contribution < 1.29 is 14.3 Å².